The summed E-state index contributed by atoms with van der Waals surface area (Å²) >= 11 is 1.63. The van der Waals surface area contributed by atoms with Gasteiger partial charge in [-0.25, -0.2) is 4.39 Å². The van der Waals surface area contributed by atoms with Gasteiger partial charge >= 0.3 is 0 Å². The van der Waals surface area contributed by atoms with Gasteiger partial charge in [0.15, 0.2) is 0 Å². The fourth-order valence-electron chi connectivity index (χ4n) is 2.50. The third-order valence-corrected chi connectivity index (χ3v) is 4.31. The van der Waals surface area contributed by atoms with Crippen LogP contribution >= 0.6 is 11.8 Å². The molecule has 0 aliphatic carbocycles. The summed E-state index contributed by atoms with van der Waals surface area (Å²) in [5.74, 6) is 0.907. The van der Waals surface area contributed by atoms with Gasteiger partial charge in [-0.3, -0.25) is 0 Å². The van der Waals surface area contributed by atoms with Crippen LogP contribution in [0.25, 0.3) is 0 Å². The second-order valence-electron chi connectivity index (χ2n) is 5.18. The van der Waals surface area contributed by atoms with E-state index in [1.54, 1.807) is 17.8 Å². The fraction of sp³-hybridized carbons (Fsp3) is 0.571. The van der Waals surface area contributed by atoms with Crippen LogP contribution in [-0.4, -0.2) is 37.3 Å². The zero-order valence-electron chi connectivity index (χ0n) is 11.2. The third kappa shape index (κ3) is 3.25. The molecule has 0 saturated carbocycles. The van der Waals surface area contributed by atoms with Crippen LogP contribution in [0, 0.1) is 5.82 Å². The van der Waals surface area contributed by atoms with Crippen LogP contribution in [0.5, 0.6) is 0 Å². The van der Waals surface area contributed by atoms with Crippen molar-refractivity contribution in [3.63, 3.8) is 0 Å². The maximum Gasteiger partial charge on any atom is 0.137 e. The van der Waals surface area contributed by atoms with Crippen molar-refractivity contribution >= 4 is 11.8 Å². The fourth-order valence-corrected chi connectivity index (χ4v) is 3.64. The molecule has 1 aromatic carbocycles. The Morgan fingerprint density at radius 3 is 3.00 bits per heavy atom. The highest BCUT2D eigenvalue weighted by Gasteiger charge is 2.24. The molecule has 18 heavy (non-hydrogen) atoms. The SMILES string of the molecule is CC(CN(C)C)NC1CCSc2c(F)cccc21. The number of fused-ring (bicyclic) bond motifs is 1. The van der Waals surface area contributed by atoms with E-state index in [9.17, 15) is 4.39 Å². The largest absolute Gasteiger partial charge is 0.308 e. The lowest BCUT2D eigenvalue weighted by Gasteiger charge is -2.30. The van der Waals surface area contributed by atoms with Crippen molar-refractivity contribution in [1.82, 2.24) is 10.2 Å². The van der Waals surface area contributed by atoms with E-state index in [0.29, 0.717) is 6.04 Å². The molecule has 0 radical (unpaired) electrons. The summed E-state index contributed by atoms with van der Waals surface area (Å²) in [4.78, 5) is 3.00. The number of nitrogens with one attached hydrogen (secondary N) is 1. The van der Waals surface area contributed by atoms with Crippen molar-refractivity contribution in [3.8, 4) is 0 Å². The maximum atomic E-state index is 13.7. The van der Waals surface area contributed by atoms with Gasteiger partial charge in [-0.2, -0.15) is 0 Å². The summed E-state index contributed by atoms with van der Waals surface area (Å²) < 4.78 is 13.7. The molecule has 2 rings (SSSR count). The van der Waals surface area contributed by atoms with Gasteiger partial charge in [-0.1, -0.05) is 12.1 Å². The van der Waals surface area contributed by atoms with Crippen molar-refractivity contribution < 1.29 is 4.39 Å². The van der Waals surface area contributed by atoms with Gasteiger partial charge in [0.2, 0.25) is 0 Å². The molecule has 4 heteroatoms. The lowest BCUT2D eigenvalue weighted by molar-refractivity contribution is 0.324. The Morgan fingerprint density at radius 2 is 2.28 bits per heavy atom. The van der Waals surface area contributed by atoms with Gasteiger partial charge in [0.05, 0.1) is 0 Å². The number of hydrogen-bond acceptors (Lipinski definition) is 3. The smallest absolute Gasteiger partial charge is 0.137 e. The van der Waals surface area contributed by atoms with E-state index in [4.69, 9.17) is 0 Å². The first kappa shape index (κ1) is 13.8. The molecule has 2 nitrogen and oxygen atoms in total. The topological polar surface area (TPSA) is 15.3 Å². The third-order valence-electron chi connectivity index (χ3n) is 3.15. The number of benzene rings is 1. The monoisotopic (exact) mass is 268 g/mol. The molecule has 1 heterocycles. The highest BCUT2D eigenvalue weighted by atomic mass is 32.2. The summed E-state index contributed by atoms with van der Waals surface area (Å²) in [5.41, 5.74) is 1.12. The summed E-state index contributed by atoms with van der Waals surface area (Å²) in [6.07, 6.45) is 1.07. The van der Waals surface area contributed by atoms with Crippen molar-refractivity contribution in [2.75, 3.05) is 26.4 Å². The highest BCUT2D eigenvalue weighted by Crippen LogP contribution is 2.37. The van der Waals surface area contributed by atoms with Crippen LogP contribution in [0.2, 0.25) is 0 Å². The standard InChI is InChI=1S/C14H21FN2S/c1-10(9-17(2)3)16-13-7-8-18-14-11(13)5-4-6-12(14)15/h4-6,10,13,16H,7-9H2,1-3H3. The van der Waals surface area contributed by atoms with Gasteiger partial charge in [-0.15, -0.1) is 11.8 Å². The molecule has 0 fully saturated rings. The van der Waals surface area contributed by atoms with E-state index in [-0.39, 0.29) is 11.9 Å². The van der Waals surface area contributed by atoms with Crippen LogP contribution in [0.15, 0.2) is 23.1 Å². The minimum Gasteiger partial charge on any atom is -0.308 e. The Morgan fingerprint density at radius 1 is 1.50 bits per heavy atom. The lowest BCUT2D eigenvalue weighted by Crippen LogP contribution is -2.39. The van der Waals surface area contributed by atoms with E-state index in [1.165, 1.54) is 0 Å². The molecule has 0 saturated heterocycles. The zero-order chi connectivity index (χ0) is 13.1. The number of hydrogen-bond donors (Lipinski definition) is 1. The lowest BCUT2D eigenvalue weighted by atomic mass is 10.0. The molecule has 1 aliphatic heterocycles. The minimum absolute atomic E-state index is 0.0794. The molecule has 100 valence electrons. The van der Waals surface area contributed by atoms with Gasteiger partial charge in [-0.05, 0) is 44.8 Å². The van der Waals surface area contributed by atoms with E-state index >= 15 is 0 Å². The molecular weight excluding hydrogens is 247 g/mol. The highest BCUT2D eigenvalue weighted by molar-refractivity contribution is 7.99. The van der Waals surface area contributed by atoms with Crippen molar-refractivity contribution in [3.05, 3.63) is 29.6 Å². The van der Waals surface area contributed by atoms with E-state index < -0.39 is 0 Å². The average Bonchev–Trinajstić information content (AvgIpc) is 2.29. The van der Waals surface area contributed by atoms with Crippen LogP contribution in [0.3, 0.4) is 0 Å². The van der Waals surface area contributed by atoms with E-state index in [2.05, 4.69) is 31.2 Å². The number of halogens is 1. The molecule has 1 aromatic rings. The zero-order valence-corrected chi connectivity index (χ0v) is 12.1. The van der Waals surface area contributed by atoms with Crippen LogP contribution < -0.4 is 5.32 Å². The predicted octanol–water partition coefficient (Wildman–Crippen LogP) is 2.90. The first-order chi connectivity index (χ1) is 8.58. The molecular formula is C14H21FN2S. The summed E-state index contributed by atoms with van der Waals surface area (Å²) in [6, 6.07) is 6.10. The summed E-state index contributed by atoms with van der Waals surface area (Å²) in [6.45, 7) is 3.18. The summed E-state index contributed by atoms with van der Waals surface area (Å²) in [5, 5.41) is 3.61. The van der Waals surface area contributed by atoms with Gasteiger partial charge in [0.25, 0.3) is 0 Å². The van der Waals surface area contributed by atoms with Crippen LogP contribution in [-0.2, 0) is 0 Å². The Kier molecular flexibility index (Phi) is 4.65. The van der Waals surface area contributed by atoms with Crippen LogP contribution in [0.4, 0.5) is 4.39 Å². The number of likely N-dealkylation sites (N-methyl/N-ethyl adjacent to an activating group) is 1. The molecule has 2 unspecified atom stereocenters. The predicted molar refractivity (Wildman–Crippen MR) is 75.6 cm³/mol. The second-order valence-corrected chi connectivity index (χ2v) is 6.28. The van der Waals surface area contributed by atoms with Crippen molar-refractivity contribution in [2.24, 2.45) is 0 Å². The first-order valence-electron chi connectivity index (χ1n) is 6.40. The normalized spacial score (nSPS) is 20.8. The van der Waals surface area contributed by atoms with E-state index in [1.807, 2.05) is 12.1 Å². The Hall–Kier alpha value is -0.580. The molecule has 0 aromatic heterocycles. The van der Waals surface area contributed by atoms with Gasteiger partial charge < -0.3 is 10.2 Å². The molecule has 1 N–H and O–H groups in total. The molecule has 0 bridgehead atoms. The molecule has 0 amide bonds. The van der Waals surface area contributed by atoms with Crippen molar-refractivity contribution in [2.45, 2.75) is 30.3 Å². The Bertz CT molecular complexity index is 409. The maximum absolute atomic E-state index is 13.7. The summed E-state index contributed by atoms with van der Waals surface area (Å²) in [7, 11) is 4.14. The van der Waals surface area contributed by atoms with E-state index in [0.717, 1.165) is 29.2 Å². The molecule has 1 aliphatic rings. The Labute approximate surface area is 113 Å². The Balaban J connectivity index is 2.10. The number of rotatable bonds is 4. The minimum atomic E-state index is -0.0794. The van der Waals surface area contributed by atoms with Crippen LogP contribution in [0.1, 0.15) is 24.9 Å². The molecule has 2 atom stereocenters. The second kappa shape index (κ2) is 6.04. The number of nitrogens with zero attached hydrogens (tertiary/aromatic N) is 1. The average molecular weight is 268 g/mol. The quantitative estimate of drug-likeness (QED) is 0.904. The van der Waals surface area contributed by atoms with Crippen molar-refractivity contribution in [1.29, 1.82) is 0 Å². The molecule has 0 spiro atoms. The van der Waals surface area contributed by atoms with Gasteiger partial charge in [0, 0.05) is 23.5 Å². The van der Waals surface area contributed by atoms with Gasteiger partial charge in [0.1, 0.15) is 5.82 Å². The number of thioether (sulfide) groups is 1. The first-order valence-corrected chi connectivity index (χ1v) is 7.38.